The van der Waals surface area contributed by atoms with Gasteiger partial charge in [-0.25, -0.2) is 8.42 Å². The number of para-hydroxylation sites is 1. The SMILES string of the molecule is CCC1CN2CCc3cc(OC)c(OC)cc3C2CC1CC1c2cc(OC)c(OC)cc2CCN1C(=O)C1=CC(c2cn(C(C)=O)c3ccccc23)CC(OCCN(CCO)S(=O)(=O)c2ccc(OC)cc2)O1. The normalized spacial score (nSPS) is 21.9. The van der Waals surface area contributed by atoms with Crippen LogP contribution in [0.25, 0.3) is 10.9 Å². The number of benzene rings is 4. The van der Waals surface area contributed by atoms with Crippen molar-refractivity contribution in [3.05, 3.63) is 119 Å². The Labute approximate surface area is 428 Å². The zero-order valence-electron chi connectivity index (χ0n) is 42.9. The molecule has 0 saturated carbocycles. The lowest BCUT2D eigenvalue weighted by atomic mass is 9.72. The Morgan fingerprint density at radius 1 is 0.781 bits per heavy atom. The molecule has 0 radical (unpaired) electrons. The highest BCUT2D eigenvalue weighted by Gasteiger charge is 2.44. The lowest BCUT2D eigenvalue weighted by molar-refractivity contribution is -0.155. The average molecular weight is 1020 g/mol. The van der Waals surface area contributed by atoms with E-state index in [-0.39, 0.29) is 66.6 Å². The minimum absolute atomic E-state index is 0.0439. The van der Waals surface area contributed by atoms with E-state index >= 15 is 4.79 Å². The molecule has 4 aliphatic heterocycles. The van der Waals surface area contributed by atoms with Gasteiger partial charge in [0, 0.05) is 69.6 Å². The lowest BCUT2D eigenvalue weighted by Gasteiger charge is -2.49. The monoisotopic (exact) mass is 1020 g/mol. The summed E-state index contributed by atoms with van der Waals surface area (Å²) in [6.07, 6.45) is 7.02. The Hall–Kier alpha value is -6.11. The summed E-state index contributed by atoms with van der Waals surface area (Å²) in [5, 5.41) is 10.8. The van der Waals surface area contributed by atoms with Crippen molar-refractivity contribution in [3.8, 4) is 28.7 Å². The van der Waals surface area contributed by atoms with E-state index in [1.807, 2.05) is 53.6 Å². The van der Waals surface area contributed by atoms with E-state index in [1.165, 1.54) is 41.6 Å². The number of allylic oxidation sites excluding steroid dienone is 1. The van der Waals surface area contributed by atoms with E-state index in [0.717, 1.165) is 65.7 Å². The van der Waals surface area contributed by atoms with Crippen LogP contribution in [0.4, 0.5) is 0 Å². The smallest absolute Gasteiger partial charge is 0.289 e. The second kappa shape index (κ2) is 22.2. The number of aliphatic hydroxyl groups is 1. The third-order valence-corrected chi connectivity index (χ3v) is 17.4. The number of methoxy groups -OCH3 is 5. The third kappa shape index (κ3) is 10.3. The van der Waals surface area contributed by atoms with Crippen LogP contribution in [-0.2, 0) is 37.1 Å². The van der Waals surface area contributed by atoms with E-state index in [1.54, 1.807) is 45.1 Å². The maximum absolute atomic E-state index is 15.7. The number of rotatable bonds is 18. The Bertz CT molecular complexity index is 2960. The predicted octanol–water partition coefficient (Wildman–Crippen LogP) is 7.92. The number of hydrogen-bond donors (Lipinski definition) is 1. The number of carbonyl (C=O) groups is 2. The molecule has 1 fully saturated rings. The summed E-state index contributed by atoms with van der Waals surface area (Å²) >= 11 is 0. The van der Waals surface area contributed by atoms with Crippen LogP contribution in [0, 0.1) is 11.8 Å². The standard InChI is InChI=1S/C56H68N4O12S/c1-8-36-33-57-19-17-37-27-50(67-4)52(69-6)31-44(37)48(57)25-39(36)26-49-45-32-53(70-7)51(68-5)28-38(45)18-20-59(49)56(63)54-29-40(46-34-60(35(2)62)47-12-10-9-11-43(46)47)30-55(72-54)71-24-22-58(21-23-61)73(64,65)42-15-13-41(66-3)14-16-42/h9-16,27-29,31-32,34,36,39-40,48-49,55,61H,8,17-26,30,33H2,1-7H3. The zero-order valence-corrected chi connectivity index (χ0v) is 43.7. The molecule has 5 aromatic rings. The molecule has 0 bridgehead atoms. The molecule has 4 aliphatic rings. The highest BCUT2D eigenvalue weighted by molar-refractivity contribution is 7.89. The van der Waals surface area contributed by atoms with Crippen LogP contribution >= 0.6 is 0 Å². The Morgan fingerprint density at radius 3 is 2.10 bits per heavy atom. The van der Waals surface area contributed by atoms with E-state index in [9.17, 15) is 18.3 Å². The Balaban J connectivity index is 1.06. The molecule has 17 heteroatoms. The van der Waals surface area contributed by atoms with Crippen LogP contribution in [0.3, 0.4) is 0 Å². The molecule has 6 unspecified atom stereocenters. The molecule has 390 valence electrons. The van der Waals surface area contributed by atoms with Crippen molar-refractivity contribution in [3.63, 3.8) is 0 Å². The molecule has 16 nitrogen and oxygen atoms in total. The van der Waals surface area contributed by atoms with Crippen molar-refractivity contribution < 1.29 is 56.3 Å². The first kappa shape index (κ1) is 51.8. The predicted molar refractivity (Wildman–Crippen MR) is 275 cm³/mol. The maximum atomic E-state index is 15.7. The van der Waals surface area contributed by atoms with Gasteiger partial charge in [0.15, 0.2) is 28.8 Å². The summed E-state index contributed by atoms with van der Waals surface area (Å²) in [7, 11) is 4.07. The number of aliphatic hydroxyl groups excluding tert-OH is 1. The van der Waals surface area contributed by atoms with Crippen molar-refractivity contribution in [2.24, 2.45) is 11.8 Å². The van der Waals surface area contributed by atoms with Crippen LogP contribution in [-0.4, -0.2) is 132 Å². The Kier molecular flexibility index (Phi) is 15.7. The summed E-state index contributed by atoms with van der Waals surface area (Å²) in [6, 6.07) is 21.9. The summed E-state index contributed by atoms with van der Waals surface area (Å²) < 4.78 is 72.1. The number of fused-ring (bicyclic) bond motifs is 5. The molecule has 73 heavy (non-hydrogen) atoms. The zero-order chi connectivity index (χ0) is 51.6. The molecule has 6 atom stereocenters. The van der Waals surface area contributed by atoms with Gasteiger partial charge in [-0.05, 0) is 126 Å². The average Bonchev–Trinajstić information content (AvgIpc) is 3.82. The van der Waals surface area contributed by atoms with Crippen molar-refractivity contribution in [1.82, 2.24) is 18.7 Å². The second-order valence-electron chi connectivity index (χ2n) is 19.3. The van der Waals surface area contributed by atoms with Gasteiger partial charge in [0.05, 0.1) is 65.2 Å². The number of amides is 1. The van der Waals surface area contributed by atoms with Crippen molar-refractivity contribution in [2.75, 3.05) is 81.5 Å². The fourth-order valence-electron chi connectivity index (χ4n) is 11.7. The molecule has 1 saturated heterocycles. The molecule has 9 rings (SSSR count). The van der Waals surface area contributed by atoms with Crippen LogP contribution in [0.2, 0.25) is 0 Å². The topological polar surface area (TPSA) is 168 Å². The molecule has 5 heterocycles. The molecule has 0 spiro atoms. The largest absolute Gasteiger partial charge is 0.497 e. The fourth-order valence-corrected chi connectivity index (χ4v) is 13.2. The molecule has 4 aromatic carbocycles. The van der Waals surface area contributed by atoms with Crippen molar-refractivity contribution >= 4 is 32.7 Å². The van der Waals surface area contributed by atoms with Crippen LogP contribution in [0.1, 0.15) is 90.1 Å². The first-order valence-corrected chi connectivity index (χ1v) is 26.7. The summed E-state index contributed by atoms with van der Waals surface area (Å²) in [6.45, 7) is 5.28. The number of carbonyl (C=O) groups excluding carboxylic acids is 2. The molecule has 1 N–H and O–H groups in total. The van der Waals surface area contributed by atoms with E-state index in [4.69, 9.17) is 33.2 Å². The van der Waals surface area contributed by atoms with E-state index < -0.39 is 28.8 Å². The third-order valence-electron chi connectivity index (χ3n) is 15.5. The number of nitrogens with zero attached hydrogens (tertiary/aromatic N) is 4. The van der Waals surface area contributed by atoms with Gasteiger partial charge in [0.2, 0.25) is 22.2 Å². The highest BCUT2D eigenvalue weighted by atomic mass is 32.2. The molecule has 1 aromatic heterocycles. The number of piperidine rings is 1. The van der Waals surface area contributed by atoms with Gasteiger partial charge >= 0.3 is 0 Å². The second-order valence-corrected chi connectivity index (χ2v) is 21.3. The van der Waals surface area contributed by atoms with Gasteiger partial charge in [-0.1, -0.05) is 31.5 Å². The van der Waals surface area contributed by atoms with Gasteiger partial charge in [0.25, 0.3) is 5.91 Å². The maximum Gasteiger partial charge on any atom is 0.289 e. The molecule has 0 aliphatic carbocycles. The first-order valence-electron chi connectivity index (χ1n) is 25.2. The van der Waals surface area contributed by atoms with E-state index in [2.05, 4.69) is 24.0 Å². The lowest BCUT2D eigenvalue weighted by Crippen LogP contribution is -2.48. The number of aromatic nitrogens is 1. The van der Waals surface area contributed by atoms with Crippen LogP contribution < -0.4 is 23.7 Å². The van der Waals surface area contributed by atoms with E-state index in [0.29, 0.717) is 48.3 Å². The minimum atomic E-state index is -4.04. The fraction of sp³-hybridized carbons (Fsp3) is 0.464. The quantitative estimate of drug-likeness (QED) is 0.0900. The van der Waals surface area contributed by atoms with Crippen LogP contribution in [0.15, 0.2) is 95.7 Å². The van der Waals surface area contributed by atoms with Gasteiger partial charge in [-0.3, -0.25) is 19.1 Å². The van der Waals surface area contributed by atoms with Gasteiger partial charge < -0.3 is 43.2 Å². The molecular weight excluding hydrogens is 953 g/mol. The number of ether oxygens (including phenoxy) is 7. The summed E-state index contributed by atoms with van der Waals surface area (Å²) in [5.41, 5.74) is 6.18. The van der Waals surface area contributed by atoms with Gasteiger partial charge in [-0.15, -0.1) is 0 Å². The summed E-state index contributed by atoms with van der Waals surface area (Å²) in [4.78, 5) is 33.3. The number of hydrogen-bond acceptors (Lipinski definition) is 13. The molecule has 1 amide bonds. The minimum Gasteiger partial charge on any atom is -0.497 e. The van der Waals surface area contributed by atoms with Crippen molar-refractivity contribution in [2.45, 2.75) is 81.6 Å². The molecular formula is C56H68N4O12S. The van der Waals surface area contributed by atoms with Crippen molar-refractivity contribution in [1.29, 1.82) is 0 Å². The number of sulfonamides is 1. The van der Waals surface area contributed by atoms with Gasteiger partial charge in [0.1, 0.15) is 5.75 Å². The Morgan fingerprint density at radius 2 is 1.44 bits per heavy atom. The van der Waals surface area contributed by atoms with Crippen LogP contribution in [0.5, 0.6) is 28.7 Å². The first-order chi connectivity index (χ1) is 35.3. The highest BCUT2D eigenvalue weighted by Crippen LogP contribution is 2.50. The summed E-state index contributed by atoms with van der Waals surface area (Å²) in [5.74, 6) is 2.97. The van der Waals surface area contributed by atoms with Gasteiger partial charge in [-0.2, -0.15) is 4.31 Å².